The van der Waals surface area contributed by atoms with Gasteiger partial charge in [0.1, 0.15) is 5.75 Å². The SMILES string of the molecule is C[C@@H](O)CN1CCN(C(=O)c2ccc(OCC(N)=O)cc2)CC1. The molecule has 1 saturated heterocycles. The molecule has 7 heteroatoms. The number of primary amides is 1. The van der Waals surface area contributed by atoms with Crippen molar-refractivity contribution < 1.29 is 19.4 Å². The molecular weight excluding hydrogens is 298 g/mol. The number of aliphatic hydroxyl groups is 1. The van der Waals surface area contributed by atoms with Crippen LogP contribution in [0.2, 0.25) is 0 Å². The third-order valence-electron chi connectivity index (χ3n) is 3.66. The first-order valence-corrected chi connectivity index (χ1v) is 7.66. The molecule has 0 saturated carbocycles. The van der Waals surface area contributed by atoms with Gasteiger partial charge in [0, 0.05) is 38.3 Å². The lowest BCUT2D eigenvalue weighted by Crippen LogP contribution is -2.50. The van der Waals surface area contributed by atoms with Gasteiger partial charge in [0.25, 0.3) is 11.8 Å². The Morgan fingerprint density at radius 2 is 1.83 bits per heavy atom. The minimum Gasteiger partial charge on any atom is -0.484 e. The molecule has 1 aliphatic rings. The molecule has 1 atom stereocenters. The number of nitrogens with zero attached hydrogens (tertiary/aromatic N) is 2. The number of hydrogen-bond donors (Lipinski definition) is 2. The van der Waals surface area contributed by atoms with Gasteiger partial charge in [0.15, 0.2) is 6.61 Å². The quantitative estimate of drug-likeness (QED) is 0.749. The summed E-state index contributed by atoms with van der Waals surface area (Å²) in [6.07, 6.45) is -0.356. The number of hydrogen-bond acceptors (Lipinski definition) is 5. The molecule has 0 spiro atoms. The van der Waals surface area contributed by atoms with Crippen LogP contribution in [0.1, 0.15) is 17.3 Å². The molecule has 0 bridgehead atoms. The van der Waals surface area contributed by atoms with Crippen LogP contribution < -0.4 is 10.5 Å². The zero-order valence-corrected chi connectivity index (χ0v) is 13.3. The van der Waals surface area contributed by atoms with Crippen LogP contribution in [0.15, 0.2) is 24.3 Å². The molecule has 3 N–H and O–H groups in total. The van der Waals surface area contributed by atoms with Gasteiger partial charge in [-0.2, -0.15) is 0 Å². The third kappa shape index (κ3) is 5.22. The Morgan fingerprint density at radius 1 is 1.22 bits per heavy atom. The van der Waals surface area contributed by atoms with Crippen LogP contribution in [0, 0.1) is 0 Å². The summed E-state index contributed by atoms with van der Waals surface area (Å²) in [7, 11) is 0. The lowest BCUT2D eigenvalue weighted by atomic mass is 10.1. The molecule has 0 radical (unpaired) electrons. The Labute approximate surface area is 135 Å². The van der Waals surface area contributed by atoms with Gasteiger partial charge >= 0.3 is 0 Å². The van der Waals surface area contributed by atoms with Gasteiger partial charge in [-0.3, -0.25) is 14.5 Å². The van der Waals surface area contributed by atoms with E-state index in [9.17, 15) is 14.7 Å². The van der Waals surface area contributed by atoms with Crippen molar-refractivity contribution in [1.82, 2.24) is 9.80 Å². The summed E-state index contributed by atoms with van der Waals surface area (Å²) < 4.78 is 5.17. The molecule has 23 heavy (non-hydrogen) atoms. The van der Waals surface area contributed by atoms with E-state index in [-0.39, 0.29) is 18.6 Å². The highest BCUT2D eigenvalue weighted by molar-refractivity contribution is 5.94. The van der Waals surface area contributed by atoms with Gasteiger partial charge in [-0.05, 0) is 31.2 Å². The monoisotopic (exact) mass is 321 g/mol. The van der Waals surface area contributed by atoms with Crippen molar-refractivity contribution >= 4 is 11.8 Å². The highest BCUT2D eigenvalue weighted by Crippen LogP contribution is 2.15. The predicted molar refractivity (Wildman–Crippen MR) is 85.2 cm³/mol. The molecular formula is C16H23N3O4. The molecule has 1 aromatic carbocycles. The van der Waals surface area contributed by atoms with E-state index in [4.69, 9.17) is 10.5 Å². The van der Waals surface area contributed by atoms with Crippen molar-refractivity contribution in [2.75, 3.05) is 39.3 Å². The molecule has 2 amide bonds. The first-order chi connectivity index (χ1) is 11.0. The molecule has 126 valence electrons. The van der Waals surface area contributed by atoms with Crippen LogP contribution in [0.25, 0.3) is 0 Å². The van der Waals surface area contributed by atoms with Crippen molar-refractivity contribution in [2.45, 2.75) is 13.0 Å². The largest absolute Gasteiger partial charge is 0.484 e. The number of β-amino-alcohol motifs (C(OH)–C–C–N with tert-alkyl or cyclic N) is 1. The molecule has 7 nitrogen and oxygen atoms in total. The second kappa shape index (κ2) is 7.94. The van der Waals surface area contributed by atoms with E-state index in [1.807, 2.05) is 0 Å². The molecule has 0 aliphatic carbocycles. The second-order valence-electron chi connectivity index (χ2n) is 5.72. The summed E-state index contributed by atoms with van der Waals surface area (Å²) in [5, 5.41) is 9.40. The first kappa shape index (κ1) is 17.2. The molecule has 1 aliphatic heterocycles. The summed E-state index contributed by atoms with van der Waals surface area (Å²) in [6, 6.07) is 6.67. The maximum atomic E-state index is 12.4. The van der Waals surface area contributed by atoms with Gasteiger partial charge in [0.05, 0.1) is 6.10 Å². The highest BCUT2D eigenvalue weighted by Gasteiger charge is 2.22. The first-order valence-electron chi connectivity index (χ1n) is 7.66. The number of carbonyl (C=O) groups is 2. The maximum Gasteiger partial charge on any atom is 0.255 e. The van der Waals surface area contributed by atoms with Crippen LogP contribution in [0.4, 0.5) is 0 Å². The van der Waals surface area contributed by atoms with E-state index in [1.54, 1.807) is 36.1 Å². The highest BCUT2D eigenvalue weighted by atomic mass is 16.5. The smallest absolute Gasteiger partial charge is 0.255 e. The summed E-state index contributed by atoms with van der Waals surface area (Å²) in [5.41, 5.74) is 5.60. The van der Waals surface area contributed by atoms with E-state index in [0.29, 0.717) is 30.9 Å². The molecule has 1 heterocycles. The van der Waals surface area contributed by atoms with Crippen molar-refractivity contribution in [2.24, 2.45) is 5.73 Å². The second-order valence-corrected chi connectivity index (χ2v) is 5.72. The van der Waals surface area contributed by atoms with E-state index in [1.165, 1.54) is 0 Å². The van der Waals surface area contributed by atoms with Crippen molar-refractivity contribution in [3.05, 3.63) is 29.8 Å². The number of carbonyl (C=O) groups excluding carboxylic acids is 2. The molecule has 1 fully saturated rings. The third-order valence-corrected chi connectivity index (χ3v) is 3.66. The van der Waals surface area contributed by atoms with Gasteiger partial charge in [-0.25, -0.2) is 0 Å². The molecule has 0 unspecified atom stereocenters. The fourth-order valence-electron chi connectivity index (χ4n) is 2.54. The number of amides is 2. The van der Waals surface area contributed by atoms with Crippen LogP contribution in [0.5, 0.6) is 5.75 Å². The fourth-order valence-corrected chi connectivity index (χ4v) is 2.54. The number of aliphatic hydroxyl groups excluding tert-OH is 1. The summed E-state index contributed by atoms with van der Waals surface area (Å²) in [6.45, 7) is 5.02. The lowest BCUT2D eigenvalue weighted by molar-refractivity contribution is -0.119. The number of piperazine rings is 1. The molecule has 1 aromatic rings. The number of benzene rings is 1. The normalized spacial score (nSPS) is 16.9. The number of nitrogens with two attached hydrogens (primary N) is 1. The van der Waals surface area contributed by atoms with E-state index in [2.05, 4.69) is 4.90 Å². The number of rotatable bonds is 6. The Balaban J connectivity index is 1.87. The topological polar surface area (TPSA) is 96.1 Å². The van der Waals surface area contributed by atoms with Crippen LogP contribution in [0.3, 0.4) is 0 Å². The minimum absolute atomic E-state index is 0.0249. The summed E-state index contributed by atoms with van der Waals surface area (Å²) in [4.78, 5) is 27.1. The van der Waals surface area contributed by atoms with E-state index >= 15 is 0 Å². The van der Waals surface area contributed by atoms with Crippen LogP contribution in [-0.4, -0.2) is 72.2 Å². The van der Waals surface area contributed by atoms with Crippen molar-refractivity contribution in [1.29, 1.82) is 0 Å². The van der Waals surface area contributed by atoms with Gasteiger partial charge in [-0.1, -0.05) is 0 Å². The van der Waals surface area contributed by atoms with Crippen molar-refractivity contribution in [3.8, 4) is 5.75 Å². The zero-order chi connectivity index (χ0) is 16.8. The average molecular weight is 321 g/mol. The summed E-state index contributed by atoms with van der Waals surface area (Å²) in [5.74, 6) is -0.0644. The van der Waals surface area contributed by atoms with E-state index < -0.39 is 5.91 Å². The fraction of sp³-hybridized carbons (Fsp3) is 0.500. The van der Waals surface area contributed by atoms with E-state index in [0.717, 1.165) is 13.1 Å². The minimum atomic E-state index is -0.541. The Bertz CT molecular complexity index is 537. The molecule has 2 rings (SSSR count). The van der Waals surface area contributed by atoms with Crippen LogP contribution >= 0.6 is 0 Å². The average Bonchev–Trinajstić information content (AvgIpc) is 2.53. The standard InChI is InChI=1S/C16H23N3O4/c1-12(20)10-18-6-8-19(9-7-18)16(22)13-2-4-14(5-3-13)23-11-15(17)21/h2-5,12,20H,6-11H2,1H3,(H2,17,21)/t12-/m1/s1. The van der Waals surface area contributed by atoms with Gasteiger partial charge in [-0.15, -0.1) is 0 Å². The van der Waals surface area contributed by atoms with Gasteiger partial charge < -0.3 is 20.5 Å². The van der Waals surface area contributed by atoms with Crippen LogP contribution in [-0.2, 0) is 4.79 Å². The summed E-state index contributed by atoms with van der Waals surface area (Å²) >= 11 is 0. The Hall–Kier alpha value is -2.12. The molecule has 0 aromatic heterocycles. The van der Waals surface area contributed by atoms with Gasteiger partial charge in [0.2, 0.25) is 0 Å². The zero-order valence-electron chi connectivity index (χ0n) is 13.3. The van der Waals surface area contributed by atoms with Crippen molar-refractivity contribution in [3.63, 3.8) is 0 Å². The Morgan fingerprint density at radius 3 is 2.35 bits per heavy atom. The number of ether oxygens (including phenoxy) is 1. The Kier molecular flexibility index (Phi) is 5.95. The predicted octanol–water partition coefficient (Wildman–Crippen LogP) is -0.311. The lowest BCUT2D eigenvalue weighted by Gasteiger charge is -2.35. The maximum absolute atomic E-state index is 12.4.